The normalized spacial score (nSPS) is 14.6. The summed E-state index contributed by atoms with van der Waals surface area (Å²) in [6.07, 6.45) is 2.53. The van der Waals surface area contributed by atoms with Crippen LogP contribution >= 0.6 is 0 Å². The molecule has 1 saturated carbocycles. The van der Waals surface area contributed by atoms with E-state index in [1.54, 1.807) is 35.2 Å². The molecule has 9 nitrogen and oxygen atoms in total. The number of para-hydroxylation sites is 2. The number of hydrogen-bond donors (Lipinski definition) is 0. The van der Waals surface area contributed by atoms with Gasteiger partial charge in [-0.15, -0.1) is 0 Å². The molecule has 9 heteroatoms. The fourth-order valence-corrected chi connectivity index (χ4v) is 4.98. The molecule has 0 spiro atoms. The molecule has 0 bridgehead atoms. The van der Waals surface area contributed by atoms with E-state index in [0.717, 1.165) is 28.7 Å². The van der Waals surface area contributed by atoms with Crippen molar-refractivity contribution in [1.29, 1.82) is 0 Å². The Morgan fingerprint density at radius 1 is 1.03 bits per heavy atom. The highest BCUT2D eigenvalue weighted by Crippen LogP contribution is 2.40. The van der Waals surface area contributed by atoms with E-state index in [2.05, 4.69) is 4.98 Å². The molecule has 37 heavy (non-hydrogen) atoms. The number of hydrogen-bond acceptors (Lipinski definition) is 6. The highest BCUT2D eigenvalue weighted by Gasteiger charge is 2.31. The van der Waals surface area contributed by atoms with Crippen molar-refractivity contribution in [2.24, 2.45) is 0 Å². The van der Waals surface area contributed by atoms with Gasteiger partial charge in [0.1, 0.15) is 6.54 Å². The molecular weight excluding hydrogens is 472 g/mol. The van der Waals surface area contributed by atoms with Crippen LogP contribution in [-0.2, 0) is 22.5 Å². The molecule has 2 aromatic heterocycles. The van der Waals surface area contributed by atoms with E-state index < -0.39 is 23.8 Å². The summed E-state index contributed by atoms with van der Waals surface area (Å²) in [6, 6.07) is 17.9. The number of pyridine rings is 1. The fourth-order valence-electron chi connectivity index (χ4n) is 4.98. The molecule has 0 atom stereocenters. The molecule has 0 N–H and O–H groups in total. The Kier molecular flexibility index (Phi) is 5.48. The fraction of sp³-hybridized carbons (Fsp3) is 0.250. The maximum Gasteiger partial charge on any atom is 0.338 e. The highest BCUT2D eigenvalue weighted by atomic mass is 16.5. The minimum atomic E-state index is -0.747. The van der Waals surface area contributed by atoms with Gasteiger partial charge in [0, 0.05) is 23.8 Å². The Hall–Kier alpha value is -4.53. The molecule has 1 aliphatic carbocycles. The maximum atomic E-state index is 13.8. The van der Waals surface area contributed by atoms with Gasteiger partial charge in [0.2, 0.25) is 5.91 Å². The van der Waals surface area contributed by atoms with Gasteiger partial charge in [-0.25, -0.2) is 23.7 Å². The van der Waals surface area contributed by atoms with Crippen molar-refractivity contribution in [2.75, 3.05) is 18.6 Å². The van der Waals surface area contributed by atoms with Crippen LogP contribution in [0, 0.1) is 0 Å². The van der Waals surface area contributed by atoms with E-state index in [4.69, 9.17) is 4.74 Å². The number of benzene rings is 2. The van der Waals surface area contributed by atoms with Gasteiger partial charge in [0.25, 0.3) is 5.56 Å². The Labute approximate surface area is 211 Å². The van der Waals surface area contributed by atoms with E-state index in [1.807, 2.05) is 30.3 Å². The van der Waals surface area contributed by atoms with Crippen LogP contribution in [-0.4, -0.2) is 39.6 Å². The molecule has 2 aromatic carbocycles. The van der Waals surface area contributed by atoms with E-state index in [-0.39, 0.29) is 28.4 Å². The molecule has 0 saturated heterocycles. The molecule has 1 amide bonds. The van der Waals surface area contributed by atoms with Crippen LogP contribution in [0.4, 0.5) is 5.69 Å². The second kappa shape index (κ2) is 8.85. The number of aromatic nitrogens is 3. The van der Waals surface area contributed by atoms with Gasteiger partial charge < -0.3 is 9.64 Å². The lowest BCUT2D eigenvalue weighted by Gasteiger charge is -2.19. The first-order valence-electron chi connectivity index (χ1n) is 12.2. The zero-order valence-corrected chi connectivity index (χ0v) is 20.2. The first-order chi connectivity index (χ1) is 18.0. The Morgan fingerprint density at radius 2 is 1.76 bits per heavy atom. The minimum Gasteiger partial charge on any atom is -0.465 e. The molecule has 3 heterocycles. The second-order valence-electron chi connectivity index (χ2n) is 9.33. The van der Waals surface area contributed by atoms with Crippen molar-refractivity contribution in [3.63, 3.8) is 0 Å². The molecule has 186 valence electrons. The third-order valence-corrected chi connectivity index (χ3v) is 7.01. The molecule has 0 unspecified atom stereocenters. The third-order valence-electron chi connectivity index (χ3n) is 7.01. The number of ether oxygens (including phenoxy) is 1. The zero-order chi connectivity index (χ0) is 25.7. The summed E-state index contributed by atoms with van der Waals surface area (Å²) < 4.78 is 7.19. The van der Waals surface area contributed by atoms with Crippen LogP contribution in [0.3, 0.4) is 0 Å². The number of rotatable bonds is 5. The molecule has 1 aliphatic heterocycles. The first kappa shape index (κ1) is 22.9. The minimum absolute atomic E-state index is 0.0387. The SMILES string of the molecule is COC(=O)c1cc(C2CC2)nc2c1c(=O)n(CC(=O)N1CCc3ccccc31)c(=O)n2-c1ccccc1. The lowest BCUT2D eigenvalue weighted by Crippen LogP contribution is -2.45. The third kappa shape index (κ3) is 3.83. The van der Waals surface area contributed by atoms with Gasteiger partial charge >= 0.3 is 11.7 Å². The lowest BCUT2D eigenvalue weighted by molar-refractivity contribution is -0.119. The van der Waals surface area contributed by atoms with Gasteiger partial charge in [0.15, 0.2) is 5.65 Å². The molecule has 1 fully saturated rings. The van der Waals surface area contributed by atoms with Crippen LogP contribution in [0.25, 0.3) is 16.7 Å². The number of esters is 1. The van der Waals surface area contributed by atoms with Gasteiger partial charge in [-0.3, -0.25) is 9.59 Å². The molecule has 0 radical (unpaired) electrons. The largest absolute Gasteiger partial charge is 0.465 e. The van der Waals surface area contributed by atoms with Crippen molar-refractivity contribution in [3.05, 3.63) is 98.3 Å². The van der Waals surface area contributed by atoms with E-state index in [1.165, 1.54) is 11.7 Å². The molecular formula is C28H24N4O5. The van der Waals surface area contributed by atoms with Crippen LogP contribution in [0.5, 0.6) is 0 Å². The van der Waals surface area contributed by atoms with Crippen molar-refractivity contribution < 1.29 is 14.3 Å². The summed E-state index contributed by atoms with van der Waals surface area (Å²) in [5.41, 5.74) is 1.60. The van der Waals surface area contributed by atoms with Crippen LogP contribution in [0.2, 0.25) is 0 Å². The summed E-state index contributed by atoms with van der Waals surface area (Å²) in [5.74, 6) is -0.923. The molecule has 6 rings (SSSR count). The quantitative estimate of drug-likeness (QED) is 0.394. The van der Waals surface area contributed by atoms with Gasteiger partial charge in [-0.2, -0.15) is 0 Å². The standard InChI is InChI=1S/C28H24N4O5/c1-37-27(35)20-15-21(17-11-12-17)29-25-24(20)26(34)31(28(36)32(25)19-8-3-2-4-9-19)16-23(33)30-14-13-18-7-5-6-10-22(18)30/h2-10,15,17H,11-14,16H2,1H3. The van der Waals surface area contributed by atoms with Gasteiger partial charge in [-0.1, -0.05) is 36.4 Å². The van der Waals surface area contributed by atoms with E-state index in [0.29, 0.717) is 24.3 Å². The highest BCUT2D eigenvalue weighted by molar-refractivity contribution is 6.03. The number of carbonyl (C=O) groups excluding carboxylic acids is 2. The average molecular weight is 497 g/mol. The number of amides is 1. The number of methoxy groups -OCH3 is 1. The Balaban J connectivity index is 1.59. The number of nitrogens with zero attached hydrogens (tertiary/aromatic N) is 4. The van der Waals surface area contributed by atoms with Crippen LogP contribution in [0.15, 0.2) is 70.3 Å². The number of anilines is 1. The average Bonchev–Trinajstić information content (AvgIpc) is 3.69. The number of fused-ring (bicyclic) bond motifs is 2. The predicted octanol–water partition coefficient (Wildman–Crippen LogP) is 2.80. The zero-order valence-electron chi connectivity index (χ0n) is 20.2. The van der Waals surface area contributed by atoms with Crippen molar-refractivity contribution in [1.82, 2.24) is 14.1 Å². The van der Waals surface area contributed by atoms with E-state index >= 15 is 0 Å². The van der Waals surface area contributed by atoms with Crippen molar-refractivity contribution >= 4 is 28.6 Å². The first-order valence-corrected chi connectivity index (χ1v) is 12.2. The lowest BCUT2D eigenvalue weighted by atomic mass is 10.1. The van der Waals surface area contributed by atoms with Crippen molar-refractivity contribution in [3.8, 4) is 5.69 Å². The summed E-state index contributed by atoms with van der Waals surface area (Å²) >= 11 is 0. The van der Waals surface area contributed by atoms with Crippen molar-refractivity contribution in [2.45, 2.75) is 31.7 Å². The van der Waals surface area contributed by atoms with Gasteiger partial charge in [-0.05, 0) is 49.1 Å². The Bertz CT molecular complexity index is 1690. The summed E-state index contributed by atoms with van der Waals surface area (Å²) in [5, 5.41) is -0.0469. The predicted molar refractivity (Wildman–Crippen MR) is 137 cm³/mol. The van der Waals surface area contributed by atoms with Crippen LogP contribution < -0.4 is 16.1 Å². The molecule has 2 aliphatic rings. The summed E-state index contributed by atoms with van der Waals surface area (Å²) in [4.78, 5) is 60.2. The maximum absolute atomic E-state index is 13.8. The van der Waals surface area contributed by atoms with E-state index in [9.17, 15) is 19.2 Å². The molecule has 4 aromatic rings. The van der Waals surface area contributed by atoms with Crippen LogP contribution in [0.1, 0.15) is 40.4 Å². The smallest absolute Gasteiger partial charge is 0.338 e. The summed E-state index contributed by atoms with van der Waals surface area (Å²) in [6.45, 7) is -0.00708. The topological polar surface area (TPSA) is 104 Å². The van der Waals surface area contributed by atoms with Gasteiger partial charge in [0.05, 0.1) is 23.7 Å². The second-order valence-corrected chi connectivity index (χ2v) is 9.33. The summed E-state index contributed by atoms with van der Waals surface area (Å²) in [7, 11) is 1.24. The monoisotopic (exact) mass is 496 g/mol. The Morgan fingerprint density at radius 3 is 2.49 bits per heavy atom. The number of carbonyl (C=O) groups is 2.